The third kappa shape index (κ3) is 1.56. The molecule has 0 radical (unpaired) electrons. The van der Waals surface area contributed by atoms with Crippen LogP contribution < -0.4 is 5.32 Å². The van der Waals surface area contributed by atoms with Crippen molar-refractivity contribution >= 4 is 5.97 Å². The number of nitrogens with one attached hydrogen (secondary N) is 1. The van der Waals surface area contributed by atoms with Crippen LogP contribution in [0.25, 0.3) is 0 Å². The van der Waals surface area contributed by atoms with E-state index in [4.69, 9.17) is 9.47 Å². The molecule has 2 fully saturated rings. The van der Waals surface area contributed by atoms with Crippen LogP contribution in [0, 0.1) is 5.92 Å². The molecule has 0 saturated carbocycles. The highest BCUT2D eigenvalue weighted by Crippen LogP contribution is 2.31. The lowest BCUT2D eigenvalue weighted by Crippen LogP contribution is -2.56. The van der Waals surface area contributed by atoms with Crippen LogP contribution in [0.3, 0.4) is 0 Å². The zero-order chi connectivity index (χ0) is 9.31. The first-order chi connectivity index (χ1) is 6.26. The van der Waals surface area contributed by atoms with Crippen LogP contribution in [0.2, 0.25) is 0 Å². The summed E-state index contributed by atoms with van der Waals surface area (Å²) in [5.74, 6) is -0.0392. The maximum Gasteiger partial charge on any atom is 0.310 e. The second-order valence-electron chi connectivity index (χ2n) is 3.81. The largest absolute Gasteiger partial charge is 0.466 e. The first kappa shape index (κ1) is 8.97. The Kier molecular flexibility index (Phi) is 2.26. The van der Waals surface area contributed by atoms with E-state index in [0.29, 0.717) is 6.61 Å². The zero-order valence-electron chi connectivity index (χ0n) is 7.84. The minimum atomic E-state index is -0.0706. The Balaban J connectivity index is 1.87. The molecule has 0 amide bonds. The van der Waals surface area contributed by atoms with Gasteiger partial charge in [0.25, 0.3) is 0 Å². The Labute approximate surface area is 77.6 Å². The molecule has 1 atom stereocenters. The standard InChI is InChI=1S/C9H15NO3/c1-2-13-8(11)7-3-9(10-4-7)5-12-6-9/h7,10H,2-6H2,1H3/t7-/m1/s1. The van der Waals surface area contributed by atoms with E-state index in [9.17, 15) is 4.79 Å². The molecule has 74 valence electrons. The minimum absolute atomic E-state index is 0.0313. The third-order valence-electron chi connectivity index (χ3n) is 2.74. The van der Waals surface area contributed by atoms with Gasteiger partial charge >= 0.3 is 5.97 Å². The van der Waals surface area contributed by atoms with Gasteiger partial charge in [0.05, 0.1) is 31.3 Å². The van der Waals surface area contributed by atoms with E-state index in [1.807, 2.05) is 6.92 Å². The Bertz CT molecular complexity index is 213. The Hall–Kier alpha value is -0.610. The van der Waals surface area contributed by atoms with Crippen LogP contribution in [0.15, 0.2) is 0 Å². The third-order valence-corrected chi connectivity index (χ3v) is 2.74. The maximum atomic E-state index is 11.4. The van der Waals surface area contributed by atoms with Crippen LogP contribution in [-0.4, -0.2) is 37.9 Å². The second-order valence-corrected chi connectivity index (χ2v) is 3.81. The highest BCUT2D eigenvalue weighted by Gasteiger charge is 2.47. The van der Waals surface area contributed by atoms with Crippen molar-refractivity contribution in [1.82, 2.24) is 5.32 Å². The molecule has 0 unspecified atom stereocenters. The summed E-state index contributed by atoms with van der Waals surface area (Å²) in [6.07, 6.45) is 0.867. The number of esters is 1. The van der Waals surface area contributed by atoms with E-state index >= 15 is 0 Å². The quantitative estimate of drug-likeness (QED) is 0.612. The molecule has 4 heteroatoms. The van der Waals surface area contributed by atoms with Gasteiger partial charge in [-0.25, -0.2) is 0 Å². The summed E-state index contributed by atoms with van der Waals surface area (Å²) >= 11 is 0. The summed E-state index contributed by atoms with van der Waals surface area (Å²) in [5.41, 5.74) is 0.0947. The first-order valence-electron chi connectivity index (χ1n) is 4.75. The van der Waals surface area contributed by atoms with Crippen molar-refractivity contribution in [2.45, 2.75) is 18.9 Å². The monoisotopic (exact) mass is 185 g/mol. The summed E-state index contributed by atoms with van der Waals surface area (Å²) in [4.78, 5) is 11.4. The van der Waals surface area contributed by atoms with Gasteiger partial charge in [0.2, 0.25) is 0 Å². The van der Waals surface area contributed by atoms with Crippen LogP contribution >= 0.6 is 0 Å². The van der Waals surface area contributed by atoms with E-state index in [-0.39, 0.29) is 17.4 Å². The van der Waals surface area contributed by atoms with E-state index in [1.54, 1.807) is 0 Å². The summed E-state index contributed by atoms with van der Waals surface area (Å²) in [7, 11) is 0. The summed E-state index contributed by atoms with van der Waals surface area (Å²) < 4.78 is 10.1. The second kappa shape index (κ2) is 3.27. The van der Waals surface area contributed by atoms with E-state index in [2.05, 4.69) is 5.32 Å². The highest BCUT2D eigenvalue weighted by molar-refractivity contribution is 5.73. The molecule has 2 saturated heterocycles. The average Bonchev–Trinajstić information content (AvgIpc) is 2.47. The Morgan fingerprint density at radius 3 is 2.92 bits per heavy atom. The van der Waals surface area contributed by atoms with Gasteiger partial charge < -0.3 is 14.8 Å². The highest BCUT2D eigenvalue weighted by atomic mass is 16.5. The molecule has 2 aliphatic rings. The molecular formula is C9H15NO3. The fraction of sp³-hybridized carbons (Fsp3) is 0.889. The maximum absolute atomic E-state index is 11.4. The minimum Gasteiger partial charge on any atom is -0.466 e. The molecule has 13 heavy (non-hydrogen) atoms. The zero-order valence-corrected chi connectivity index (χ0v) is 7.84. The Morgan fingerprint density at radius 2 is 2.46 bits per heavy atom. The van der Waals surface area contributed by atoms with Crippen molar-refractivity contribution in [3.63, 3.8) is 0 Å². The fourth-order valence-electron chi connectivity index (χ4n) is 1.95. The summed E-state index contributed by atoms with van der Waals surface area (Å²) in [6.45, 7) is 4.52. The van der Waals surface area contributed by atoms with Crippen LogP contribution in [0.4, 0.5) is 0 Å². The van der Waals surface area contributed by atoms with E-state index < -0.39 is 0 Å². The van der Waals surface area contributed by atoms with Crippen molar-refractivity contribution < 1.29 is 14.3 Å². The van der Waals surface area contributed by atoms with Crippen LogP contribution in [-0.2, 0) is 14.3 Å². The average molecular weight is 185 g/mol. The molecule has 0 aromatic heterocycles. The molecule has 0 bridgehead atoms. The van der Waals surface area contributed by atoms with Crippen molar-refractivity contribution in [2.75, 3.05) is 26.4 Å². The van der Waals surface area contributed by atoms with Gasteiger partial charge in [-0.05, 0) is 13.3 Å². The SMILES string of the molecule is CCOC(=O)[C@H]1CNC2(COC2)C1. The first-order valence-corrected chi connectivity index (χ1v) is 4.75. The fourth-order valence-corrected chi connectivity index (χ4v) is 1.95. The number of carbonyl (C=O) groups is 1. The lowest BCUT2D eigenvalue weighted by Gasteiger charge is -2.38. The van der Waals surface area contributed by atoms with Crippen molar-refractivity contribution in [1.29, 1.82) is 0 Å². The van der Waals surface area contributed by atoms with Crippen molar-refractivity contribution in [2.24, 2.45) is 5.92 Å². The van der Waals surface area contributed by atoms with Crippen molar-refractivity contribution in [3.8, 4) is 0 Å². The number of hydrogen-bond acceptors (Lipinski definition) is 4. The van der Waals surface area contributed by atoms with Crippen LogP contribution in [0.1, 0.15) is 13.3 Å². The molecule has 0 aliphatic carbocycles. The normalized spacial score (nSPS) is 30.1. The molecule has 0 aromatic carbocycles. The number of ether oxygens (including phenoxy) is 2. The van der Waals surface area contributed by atoms with E-state index in [1.165, 1.54) is 0 Å². The molecule has 4 nitrogen and oxygen atoms in total. The van der Waals surface area contributed by atoms with Gasteiger partial charge in [0.15, 0.2) is 0 Å². The predicted molar refractivity (Wildman–Crippen MR) is 46.3 cm³/mol. The summed E-state index contributed by atoms with van der Waals surface area (Å²) in [5, 5.41) is 3.33. The van der Waals surface area contributed by atoms with Gasteiger partial charge in [-0.2, -0.15) is 0 Å². The van der Waals surface area contributed by atoms with Gasteiger partial charge in [0, 0.05) is 6.54 Å². The lowest BCUT2D eigenvalue weighted by molar-refractivity contribution is -0.148. The van der Waals surface area contributed by atoms with E-state index in [0.717, 1.165) is 26.2 Å². The van der Waals surface area contributed by atoms with Gasteiger partial charge in [0.1, 0.15) is 0 Å². The van der Waals surface area contributed by atoms with Gasteiger partial charge in [-0.3, -0.25) is 4.79 Å². The molecule has 2 heterocycles. The molecule has 2 aliphatic heterocycles. The van der Waals surface area contributed by atoms with Gasteiger partial charge in [-0.15, -0.1) is 0 Å². The lowest BCUT2D eigenvalue weighted by atomic mass is 9.91. The van der Waals surface area contributed by atoms with Gasteiger partial charge in [-0.1, -0.05) is 0 Å². The molecule has 0 aromatic rings. The van der Waals surface area contributed by atoms with Crippen LogP contribution in [0.5, 0.6) is 0 Å². The summed E-state index contributed by atoms with van der Waals surface area (Å²) in [6, 6.07) is 0. The molecule has 1 spiro atoms. The number of carbonyl (C=O) groups excluding carboxylic acids is 1. The smallest absolute Gasteiger partial charge is 0.310 e. The molecule has 2 rings (SSSR count). The molecule has 1 N–H and O–H groups in total. The van der Waals surface area contributed by atoms with Crippen molar-refractivity contribution in [3.05, 3.63) is 0 Å². The predicted octanol–water partition coefficient (Wildman–Crippen LogP) is -0.0720. The Morgan fingerprint density at radius 1 is 1.69 bits per heavy atom. The topological polar surface area (TPSA) is 47.6 Å². The number of rotatable bonds is 2. The number of hydrogen-bond donors (Lipinski definition) is 1. The molecular weight excluding hydrogens is 170 g/mol.